The van der Waals surface area contributed by atoms with Crippen LogP contribution in [0, 0.1) is 11.3 Å². The standard InChI is InChI=1S/C13H10ClN3/c14-12-4-9(6-15)3-10(5-12)11-7-16-17(8-11)13-1-2-13/h3-5,7-8,13H,1-2H2. The van der Waals surface area contributed by atoms with Gasteiger partial charge in [0.15, 0.2) is 0 Å². The number of aromatic nitrogens is 2. The van der Waals surface area contributed by atoms with Crippen molar-refractivity contribution in [3.63, 3.8) is 0 Å². The van der Waals surface area contributed by atoms with Gasteiger partial charge in [0.1, 0.15) is 0 Å². The molecule has 3 nitrogen and oxygen atoms in total. The van der Waals surface area contributed by atoms with Crippen LogP contribution in [-0.4, -0.2) is 9.78 Å². The summed E-state index contributed by atoms with van der Waals surface area (Å²) in [4.78, 5) is 0. The van der Waals surface area contributed by atoms with E-state index in [-0.39, 0.29) is 0 Å². The second kappa shape index (κ2) is 3.90. The average Bonchev–Trinajstić information content (AvgIpc) is 3.06. The lowest BCUT2D eigenvalue weighted by atomic mass is 10.1. The Morgan fingerprint density at radius 2 is 2.12 bits per heavy atom. The maximum Gasteiger partial charge on any atom is 0.0992 e. The normalized spacial score (nSPS) is 14.6. The summed E-state index contributed by atoms with van der Waals surface area (Å²) in [6, 6.07) is 8.03. The van der Waals surface area contributed by atoms with Crippen molar-refractivity contribution in [2.24, 2.45) is 0 Å². The Bertz CT molecular complexity index is 605. The van der Waals surface area contributed by atoms with Crippen LogP contribution in [-0.2, 0) is 0 Å². The monoisotopic (exact) mass is 243 g/mol. The third-order valence-electron chi connectivity index (χ3n) is 2.88. The molecule has 1 aromatic heterocycles. The molecule has 0 radical (unpaired) electrons. The zero-order valence-corrected chi connectivity index (χ0v) is 9.85. The van der Waals surface area contributed by atoms with Gasteiger partial charge in [-0.15, -0.1) is 0 Å². The molecular weight excluding hydrogens is 234 g/mol. The number of benzene rings is 1. The minimum atomic E-state index is 0.568. The first-order valence-corrected chi connectivity index (χ1v) is 5.89. The Morgan fingerprint density at radius 1 is 1.29 bits per heavy atom. The summed E-state index contributed by atoms with van der Waals surface area (Å²) in [5.74, 6) is 0. The molecule has 0 saturated heterocycles. The fourth-order valence-electron chi connectivity index (χ4n) is 1.85. The first-order chi connectivity index (χ1) is 8.26. The highest BCUT2D eigenvalue weighted by atomic mass is 35.5. The first kappa shape index (κ1) is 10.4. The largest absolute Gasteiger partial charge is 0.269 e. The number of halogens is 1. The summed E-state index contributed by atoms with van der Waals surface area (Å²) in [6.07, 6.45) is 6.26. The van der Waals surface area contributed by atoms with Crippen LogP contribution in [0.25, 0.3) is 11.1 Å². The lowest BCUT2D eigenvalue weighted by molar-refractivity contribution is 0.642. The van der Waals surface area contributed by atoms with Crippen LogP contribution < -0.4 is 0 Å². The van der Waals surface area contributed by atoms with Crippen molar-refractivity contribution in [2.45, 2.75) is 18.9 Å². The van der Waals surface area contributed by atoms with Gasteiger partial charge >= 0.3 is 0 Å². The molecule has 1 aromatic carbocycles. The lowest BCUT2D eigenvalue weighted by Gasteiger charge is -1.99. The van der Waals surface area contributed by atoms with E-state index >= 15 is 0 Å². The molecule has 0 amide bonds. The number of hydrogen-bond acceptors (Lipinski definition) is 2. The minimum Gasteiger partial charge on any atom is -0.269 e. The quantitative estimate of drug-likeness (QED) is 0.811. The van der Waals surface area contributed by atoms with Gasteiger partial charge in [0.2, 0.25) is 0 Å². The summed E-state index contributed by atoms with van der Waals surface area (Å²) in [7, 11) is 0. The van der Waals surface area contributed by atoms with Gasteiger partial charge in [0.05, 0.1) is 23.9 Å². The van der Waals surface area contributed by atoms with Gasteiger partial charge in [-0.1, -0.05) is 11.6 Å². The van der Waals surface area contributed by atoms with E-state index in [0.717, 1.165) is 11.1 Å². The highest BCUT2D eigenvalue weighted by Crippen LogP contribution is 2.35. The molecule has 84 valence electrons. The van der Waals surface area contributed by atoms with Gasteiger partial charge in [-0.05, 0) is 36.6 Å². The predicted octanol–water partition coefficient (Wildman–Crippen LogP) is 3.41. The summed E-state index contributed by atoms with van der Waals surface area (Å²) in [5.41, 5.74) is 2.53. The number of hydrogen-bond donors (Lipinski definition) is 0. The lowest BCUT2D eigenvalue weighted by Crippen LogP contribution is -1.91. The van der Waals surface area contributed by atoms with Gasteiger partial charge in [-0.3, -0.25) is 4.68 Å². The SMILES string of the molecule is N#Cc1cc(Cl)cc(-c2cnn(C3CC3)c2)c1. The molecule has 1 heterocycles. The Hall–Kier alpha value is -1.79. The molecule has 1 saturated carbocycles. The Morgan fingerprint density at radius 3 is 2.82 bits per heavy atom. The van der Waals surface area contributed by atoms with Crippen molar-refractivity contribution in [2.75, 3.05) is 0 Å². The predicted molar refractivity (Wildman–Crippen MR) is 65.7 cm³/mol. The van der Waals surface area contributed by atoms with E-state index in [1.54, 1.807) is 6.07 Å². The zero-order valence-electron chi connectivity index (χ0n) is 9.10. The van der Waals surface area contributed by atoms with Crippen LogP contribution >= 0.6 is 11.6 Å². The van der Waals surface area contributed by atoms with Crippen LogP contribution in [0.5, 0.6) is 0 Å². The molecule has 0 unspecified atom stereocenters. The van der Waals surface area contributed by atoms with Crippen molar-refractivity contribution < 1.29 is 0 Å². The van der Waals surface area contributed by atoms with Gasteiger partial charge in [-0.2, -0.15) is 10.4 Å². The molecule has 3 rings (SSSR count). The molecule has 1 fully saturated rings. The van der Waals surface area contributed by atoms with E-state index in [1.807, 2.05) is 29.2 Å². The van der Waals surface area contributed by atoms with Gasteiger partial charge in [0.25, 0.3) is 0 Å². The van der Waals surface area contributed by atoms with Crippen molar-refractivity contribution in [3.05, 3.63) is 41.2 Å². The minimum absolute atomic E-state index is 0.568. The molecule has 0 atom stereocenters. The molecule has 0 N–H and O–H groups in total. The van der Waals surface area contributed by atoms with Crippen molar-refractivity contribution in [3.8, 4) is 17.2 Å². The fourth-order valence-corrected chi connectivity index (χ4v) is 2.08. The average molecular weight is 244 g/mol. The molecule has 1 aliphatic rings. The van der Waals surface area contributed by atoms with E-state index in [9.17, 15) is 0 Å². The second-order valence-electron chi connectivity index (χ2n) is 4.28. The van der Waals surface area contributed by atoms with Crippen molar-refractivity contribution in [1.29, 1.82) is 5.26 Å². The van der Waals surface area contributed by atoms with Gasteiger partial charge in [0, 0.05) is 16.8 Å². The number of rotatable bonds is 2. The van der Waals surface area contributed by atoms with Gasteiger partial charge in [-0.25, -0.2) is 0 Å². The molecule has 1 aliphatic carbocycles. The second-order valence-corrected chi connectivity index (χ2v) is 4.72. The van der Waals surface area contributed by atoms with E-state index < -0.39 is 0 Å². The van der Waals surface area contributed by atoms with Crippen LogP contribution in [0.2, 0.25) is 5.02 Å². The molecule has 0 spiro atoms. The van der Waals surface area contributed by atoms with Crippen molar-refractivity contribution in [1.82, 2.24) is 9.78 Å². The van der Waals surface area contributed by atoms with Crippen LogP contribution in [0.3, 0.4) is 0 Å². The van der Waals surface area contributed by atoms with Crippen LogP contribution in [0.1, 0.15) is 24.4 Å². The number of nitrogens with zero attached hydrogens (tertiary/aromatic N) is 3. The zero-order chi connectivity index (χ0) is 11.8. The molecule has 17 heavy (non-hydrogen) atoms. The van der Waals surface area contributed by atoms with Crippen molar-refractivity contribution >= 4 is 11.6 Å². The van der Waals surface area contributed by atoms with Crippen LogP contribution in [0.4, 0.5) is 0 Å². The van der Waals surface area contributed by atoms with E-state index in [1.165, 1.54) is 12.8 Å². The van der Waals surface area contributed by atoms with E-state index in [0.29, 0.717) is 16.6 Å². The Kier molecular flexibility index (Phi) is 2.38. The first-order valence-electron chi connectivity index (χ1n) is 5.51. The smallest absolute Gasteiger partial charge is 0.0992 e. The third-order valence-corrected chi connectivity index (χ3v) is 3.10. The fraction of sp³-hybridized carbons (Fsp3) is 0.231. The highest BCUT2D eigenvalue weighted by molar-refractivity contribution is 6.31. The van der Waals surface area contributed by atoms with Gasteiger partial charge < -0.3 is 0 Å². The number of nitriles is 1. The molecule has 0 aliphatic heterocycles. The highest BCUT2D eigenvalue weighted by Gasteiger charge is 2.24. The van der Waals surface area contributed by atoms with Crippen LogP contribution in [0.15, 0.2) is 30.6 Å². The summed E-state index contributed by atoms with van der Waals surface area (Å²) in [5, 5.41) is 13.8. The Balaban J connectivity index is 2.01. The molecule has 4 heteroatoms. The maximum absolute atomic E-state index is 8.91. The molecular formula is C13H10ClN3. The van der Waals surface area contributed by atoms with E-state index in [2.05, 4.69) is 11.2 Å². The van der Waals surface area contributed by atoms with E-state index in [4.69, 9.17) is 16.9 Å². The topological polar surface area (TPSA) is 41.6 Å². The molecule has 0 bridgehead atoms. The third kappa shape index (κ3) is 2.04. The molecule has 2 aromatic rings. The summed E-state index contributed by atoms with van der Waals surface area (Å²) in [6.45, 7) is 0. The summed E-state index contributed by atoms with van der Waals surface area (Å²) >= 11 is 5.98. The Labute approximate surface area is 104 Å². The maximum atomic E-state index is 8.91. The summed E-state index contributed by atoms with van der Waals surface area (Å²) < 4.78 is 1.99.